The minimum atomic E-state index is 0.247. The first-order valence-corrected chi connectivity index (χ1v) is 7.05. The molecule has 1 aromatic carbocycles. The van der Waals surface area contributed by atoms with Crippen molar-refractivity contribution in [1.29, 1.82) is 0 Å². The topological polar surface area (TPSA) is 64.7 Å². The maximum atomic E-state index is 5.90. The van der Waals surface area contributed by atoms with E-state index in [1.54, 1.807) is 0 Å². The van der Waals surface area contributed by atoms with Gasteiger partial charge in [-0.1, -0.05) is 26.0 Å². The molecule has 21 heavy (non-hydrogen) atoms. The highest BCUT2D eigenvalue weighted by Crippen LogP contribution is 2.25. The van der Waals surface area contributed by atoms with Gasteiger partial charge >= 0.3 is 0 Å². The number of hydrogen-bond acceptors (Lipinski definition) is 4. The van der Waals surface area contributed by atoms with Crippen LogP contribution in [0.4, 0.5) is 5.82 Å². The molecule has 4 nitrogen and oxygen atoms in total. The summed E-state index contributed by atoms with van der Waals surface area (Å²) >= 11 is 0. The number of nitrogen functional groups attached to an aromatic ring is 1. The number of benzene rings is 1. The van der Waals surface area contributed by atoms with Gasteiger partial charge in [0.1, 0.15) is 11.6 Å². The molecule has 0 spiro atoms. The third-order valence-electron chi connectivity index (χ3n) is 3.40. The molecule has 0 saturated carbocycles. The van der Waals surface area contributed by atoms with Crippen LogP contribution in [0.5, 0.6) is 0 Å². The van der Waals surface area contributed by atoms with Gasteiger partial charge in [0.2, 0.25) is 0 Å². The van der Waals surface area contributed by atoms with Crippen LogP contribution in [-0.2, 0) is 0 Å². The summed E-state index contributed by atoms with van der Waals surface area (Å²) in [7, 11) is 0. The van der Waals surface area contributed by atoms with Crippen molar-refractivity contribution in [2.45, 2.75) is 26.7 Å². The summed E-state index contributed by atoms with van der Waals surface area (Å²) in [6.45, 7) is 6.12. The van der Waals surface area contributed by atoms with Crippen molar-refractivity contribution in [2.24, 2.45) is 0 Å². The van der Waals surface area contributed by atoms with Crippen molar-refractivity contribution >= 4 is 16.7 Å². The zero-order valence-corrected chi connectivity index (χ0v) is 12.5. The largest absolute Gasteiger partial charge is 0.384 e. The van der Waals surface area contributed by atoms with Crippen LogP contribution in [0.15, 0.2) is 36.4 Å². The molecule has 106 valence electrons. The van der Waals surface area contributed by atoms with Crippen LogP contribution in [0.25, 0.3) is 22.2 Å². The van der Waals surface area contributed by atoms with Crippen LogP contribution in [0.2, 0.25) is 0 Å². The number of rotatable bonds is 2. The Balaban J connectivity index is 2.14. The first kappa shape index (κ1) is 13.5. The molecule has 0 aliphatic carbocycles. The Morgan fingerprint density at radius 1 is 0.952 bits per heavy atom. The second-order valence-electron chi connectivity index (χ2n) is 5.55. The third-order valence-corrected chi connectivity index (χ3v) is 3.40. The highest BCUT2D eigenvalue weighted by atomic mass is 14.9. The molecule has 0 aliphatic heterocycles. The van der Waals surface area contributed by atoms with Gasteiger partial charge in [-0.15, -0.1) is 0 Å². The van der Waals surface area contributed by atoms with Crippen molar-refractivity contribution in [2.75, 3.05) is 5.73 Å². The van der Waals surface area contributed by atoms with Gasteiger partial charge in [0, 0.05) is 28.6 Å². The van der Waals surface area contributed by atoms with E-state index >= 15 is 0 Å². The highest BCUT2D eigenvalue weighted by Gasteiger charge is 2.09. The summed E-state index contributed by atoms with van der Waals surface area (Å²) < 4.78 is 0. The monoisotopic (exact) mass is 278 g/mol. The second kappa shape index (κ2) is 5.13. The lowest BCUT2D eigenvalue weighted by molar-refractivity contribution is 0.779. The fourth-order valence-electron chi connectivity index (χ4n) is 2.28. The molecular formula is C17H18N4. The fourth-order valence-corrected chi connectivity index (χ4v) is 2.28. The van der Waals surface area contributed by atoms with Gasteiger partial charge in [0.05, 0.1) is 11.2 Å². The number of fused-ring (bicyclic) bond motifs is 1. The number of nitrogens with two attached hydrogens (primary N) is 1. The lowest BCUT2D eigenvalue weighted by Gasteiger charge is -2.09. The lowest BCUT2D eigenvalue weighted by atomic mass is 10.1. The Bertz CT molecular complexity index is 809. The van der Waals surface area contributed by atoms with Crippen molar-refractivity contribution < 1.29 is 0 Å². The van der Waals surface area contributed by atoms with Gasteiger partial charge in [-0.05, 0) is 25.1 Å². The normalized spacial score (nSPS) is 11.2. The lowest BCUT2D eigenvalue weighted by Crippen LogP contribution is -2.02. The summed E-state index contributed by atoms with van der Waals surface area (Å²) in [5, 5.41) is 1.10. The Morgan fingerprint density at radius 3 is 2.52 bits per heavy atom. The molecule has 3 rings (SSSR count). The first-order valence-electron chi connectivity index (χ1n) is 7.05. The third kappa shape index (κ3) is 2.70. The number of aromatic nitrogens is 3. The van der Waals surface area contributed by atoms with E-state index in [9.17, 15) is 0 Å². The molecule has 4 heteroatoms. The van der Waals surface area contributed by atoms with Crippen molar-refractivity contribution in [3.05, 3.63) is 47.9 Å². The summed E-state index contributed by atoms with van der Waals surface area (Å²) in [4.78, 5) is 13.4. The molecule has 2 heterocycles. The maximum Gasteiger partial charge on any atom is 0.133 e. The second-order valence-corrected chi connectivity index (χ2v) is 5.55. The van der Waals surface area contributed by atoms with Crippen LogP contribution in [0, 0.1) is 6.92 Å². The summed E-state index contributed by atoms with van der Waals surface area (Å²) in [5.74, 6) is 1.52. The molecule has 2 N–H and O–H groups in total. The molecule has 0 atom stereocenters. The summed E-state index contributed by atoms with van der Waals surface area (Å²) in [6, 6.07) is 12.0. The van der Waals surface area contributed by atoms with Gasteiger partial charge in [-0.2, -0.15) is 0 Å². The van der Waals surface area contributed by atoms with Crippen LogP contribution < -0.4 is 5.73 Å². The van der Waals surface area contributed by atoms with E-state index in [-0.39, 0.29) is 5.92 Å². The van der Waals surface area contributed by atoms with Crippen LogP contribution >= 0.6 is 0 Å². The molecule has 3 aromatic rings. The van der Waals surface area contributed by atoms with Crippen LogP contribution in [0.1, 0.15) is 31.3 Å². The Labute approximate surface area is 124 Å². The molecule has 2 aromatic heterocycles. The Hall–Kier alpha value is -2.49. The fraction of sp³-hybridized carbons (Fsp3) is 0.235. The SMILES string of the molecule is Cc1ccc2cc(-c3cc(N)nc(C(C)C)n3)ccc2n1. The van der Waals surface area contributed by atoms with Gasteiger partial charge in [0.25, 0.3) is 0 Å². The molecule has 0 fully saturated rings. The van der Waals surface area contributed by atoms with E-state index in [4.69, 9.17) is 5.73 Å². The quantitative estimate of drug-likeness (QED) is 0.776. The maximum absolute atomic E-state index is 5.90. The van der Waals surface area contributed by atoms with Crippen molar-refractivity contribution in [3.8, 4) is 11.3 Å². The molecule has 0 saturated heterocycles. The average Bonchev–Trinajstić information content (AvgIpc) is 2.46. The molecular weight excluding hydrogens is 260 g/mol. The number of pyridine rings is 1. The number of anilines is 1. The van der Waals surface area contributed by atoms with Crippen molar-refractivity contribution in [3.63, 3.8) is 0 Å². The van der Waals surface area contributed by atoms with E-state index in [1.807, 2.05) is 31.2 Å². The van der Waals surface area contributed by atoms with Gasteiger partial charge < -0.3 is 5.73 Å². The minimum absolute atomic E-state index is 0.247. The molecule has 0 bridgehead atoms. The molecule has 0 amide bonds. The summed E-state index contributed by atoms with van der Waals surface area (Å²) in [6.07, 6.45) is 0. The van der Waals surface area contributed by atoms with E-state index in [0.29, 0.717) is 5.82 Å². The van der Waals surface area contributed by atoms with Gasteiger partial charge in [-0.3, -0.25) is 4.98 Å². The zero-order valence-electron chi connectivity index (χ0n) is 12.5. The molecule has 0 radical (unpaired) electrons. The van der Waals surface area contributed by atoms with Gasteiger partial charge in [0.15, 0.2) is 0 Å². The standard InChI is InChI=1S/C17H18N4/c1-10(2)17-20-15(9-16(18)21-17)13-6-7-14-12(8-13)5-4-11(3)19-14/h4-10H,1-3H3,(H2,18,20,21). The smallest absolute Gasteiger partial charge is 0.133 e. The Morgan fingerprint density at radius 2 is 1.76 bits per heavy atom. The highest BCUT2D eigenvalue weighted by molar-refractivity contribution is 5.84. The first-order chi connectivity index (χ1) is 10.0. The van der Waals surface area contributed by atoms with Crippen LogP contribution in [0.3, 0.4) is 0 Å². The van der Waals surface area contributed by atoms with Crippen LogP contribution in [-0.4, -0.2) is 15.0 Å². The average molecular weight is 278 g/mol. The van der Waals surface area contributed by atoms with Crippen molar-refractivity contribution in [1.82, 2.24) is 15.0 Å². The predicted octanol–water partition coefficient (Wildman–Crippen LogP) is 3.71. The predicted molar refractivity (Wildman–Crippen MR) is 86.0 cm³/mol. The number of aryl methyl sites for hydroxylation is 1. The number of hydrogen-bond donors (Lipinski definition) is 1. The van der Waals surface area contributed by atoms with E-state index < -0.39 is 0 Å². The van der Waals surface area contributed by atoms with Gasteiger partial charge in [-0.25, -0.2) is 9.97 Å². The Kier molecular flexibility index (Phi) is 3.29. The summed E-state index contributed by atoms with van der Waals surface area (Å²) in [5.41, 5.74) is 9.80. The molecule has 0 aliphatic rings. The zero-order chi connectivity index (χ0) is 15.0. The minimum Gasteiger partial charge on any atom is -0.384 e. The van der Waals surface area contributed by atoms with E-state index in [1.165, 1.54) is 0 Å². The number of nitrogens with zero attached hydrogens (tertiary/aromatic N) is 3. The molecule has 0 unspecified atom stereocenters. The van der Waals surface area contributed by atoms with E-state index in [2.05, 4.69) is 40.9 Å². The van der Waals surface area contributed by atoms with E-state index in [0.717, 1.165) is 33.7 Å².